The van der Waals surface area contributed by atoms with E-state index in [0.717, 1.165) is 17.5 Å². The standard InChI is InChI=1S/C26H39N3O5/c1-24(2,3)33-22(31)27-20-19-15-17(21(30)28(7)8)9-10-18(19)16-26(20)11-13-29(14-12-26)23(32)34-25(4,5)6/h9-10,15,20H,11-14,16H2,1-8H3,(H,27,31). The highest BCUT2D eigenvalue weighted by Gasteiger charge is 2.49. The third-order valence-electron chi connectivity index (χ3n) is 6.34. The van der Waals surface area contributed by atoms with Gasteiger partial charge in [-0.2, -0.15) is 0 Å². The van der Waals surface area contributed by atoms with Crippen molar-refractivity contribution in [2.75, 3.05) is 27.2 Å². The van der Waals surface area contributed by atoms with Crippen molar-refractivity contribution in [1.29, 1.82) is 0 Å². The number of hydrogen-bond acceptors (Lipinski definition) is 5. The van der Waals surface area contributed by atoms with Crippen LogP contribution >= 0.6 is 0 Å². The summed E-state index contributed by atoms with van der Waals surface area (Å²) >= 11 is 0. The van der Waals surface area contributed by atoms with Crippen LogP contribution in [0.15, 0.2) is 18.2 Å². The van der Waals surface area contributed by atoms with Crippen LogP contribution in [0.4, 0.5) is 9.59 Å². The van der Waals surface area contributed by atoms with Gasteiger partial charge in [-0.05, 0) is 84.1 Å². The number of amides is 3. The summed E-state index contributed by atoms with van der Waals surface area (Å²) in [7, 11) is 3.44. The van der Waals surface area contributed by atoms with Gasteiger partial charge in [-0.3, -0.25) is 4.79 Å². The Morgan fingerprint density at radius 3 is 2.12 bits per heavy atom. The Morgan fingerprint density at radius 2 is 1.59 bits per heavy atom. The molecular formula is C26H39N3O5. The fraction of sp³-hybridized carbons (Fsp3) is 0.654. The van der Waals surface area contributed by atoms with Gasteiger partial charge in [0.2, 0.25) is 0 Å². The number of hydrogen-bond donors (Lipinski definition) is 1. The Labute approximate surface area is 202 Å². The highest BCUT2D eigenvalue weighted by atomic mass is 16.6. The van der Waals surface area contributed by atoms with Gasteiger partial charge in [0.25, 0.3) is 5.91 Å². The van der Waals surface area contributed by atoms with Crippen molar-refractivity contribution in [1.82, 2.24) is 15.1 Å². The highest BCUT2D eigenvalue weighted by Crippen LogP contribution is 2.52. The summed E-state index contributed by atoms with van der Waals surface area (Å²) in [6.07, 6.45) is 1.38. The fourth-order valence-electron chi connectivity index (χ4n) is 4.81. The zero-order valence-electron chi connectivity index (χ0n) is 21.8. The smallest absolute Gasteiger partial charge is 0.410 e. The summed E-state index contributed by atoms with van der Waals surface area (Å²) in [6, 6.07) is 5.42. The molecule has 0 aromatic heterocycles. The molecule has 1 fully saturated rings. The van der Waals surface area contributed by atoms with Crippen LogP contribution in [0.1, 0.15) is 81.9 Å². The minimum atomic E-state index is -0.624. The Morgan fingerprint density at radius 1 is 1.00 bits per heavy atom. The van der Waals surface area contributed by atoms with Crippen molar-refractivity contribution >= 4 is 18.1 Å². The molecule has 3 amide bonds. The van der Waals surface area contributed by atoms with Crippen molar-refractivity contribution in [3.8, 4) is 0 Å². The van der Waals surface area contributed by atoms with Crippen LogP contribution < -0.4 is 5.32 Å². The van der Waals surface area contributed by atoms with Gasteiger partial charge in [0, 0.05) is 38.2 Å². The largest absolute Gasteiger partial charge is 0.444 e. The molecule has 1 atom stereocenters. The molecule has 1 aromatic rings. The molecule has 8 nitrogen and oxygen atoms in total. The first kappa shape index (κ1) is 25.8. The maximum atomic E-state index is 12.8. The quantitative estimate of drug-likeness (QED) is 0.682. The number of fused-ring (bicyclic) bond motifs is 1. The van der Waals surface area contributed by atoms with E-state index in [4.69, 9.17) is 9.47 Å². The lowest BCUT2D eigenvalue weighted by atomic mass is 9.73. The molecule has 1 aromatic carbocycles. The SMILES string of the molecule is CN(C)C(=O)c1ccc2c(c1)C(NC(=O)OC(C)(C)C)C1(CCN(C(=O)OC(C)(C)C)CC1)C2. The number of rotatable bonds is 2. The average molecular weight is 474 g/mol. The second-order valence-electron chi connectivity index (χ2n) is 11.7. The van der Waals surface area contributed by atoms with Gasteiger partial charge in [0.05, 0.1) is 6.04 Å². The topological polar surface area (TPSA) is 88.2 Å². The molecule has 3 rings (SSSR count). The van der Waals surface area contributed by atoms with Crippen molar-refractivity contribution in [3.05, 3.63) is 34.9 Å². The van der Waals surface area contributed by atoms with E-state index >= 15 is 0 Å². The summed E-state index contributed by atoms with van der Waals surface area (Å²) in [5.74, 6) is -0.0838. The number of alkyl carbamates (subject to hydrolysis) is 1. The minimum Gasteiger partial charge on any atom is -0.444 e. The average Bonchev–Trinajstić information content (AvgIpc) is 2.97. The predicted octanol–water partition coefficient (Wildman–Crippen LogP) is 4.53. The summed E-state index contributed by atoms with van der Waals surface area (Å²) in [6.45, 7) is 12.2. The lowest BCUT2D eigenvalue weighted by molar-refractivity contribution is 0.00331. The summed E-state index contributed by atoms with van der Waals surface area (Å²) in [4.78, 5) is 41.3. The van der Waals surface area contributed by atoms with Gasteiger partial charge in [0.1, 0.15) is 11.2 Å². The summed E-state index contributed by atoms with van der Waals surface area (Å²) < 4.78 is 11.1. The predicted molar refractivity (Wildman–Crippen MR) is 130 cm³/mol. The third kappa shape index (κ3) is 5.83. The first-order valence-electron chi connectivity index (χ1n) is 11.9. The molecule has 0 bridgehead atoms. The number of ether oxygens (including phenoxy) is 2. The van der Waals surface area contributed by atoms with Crippen molar-refractivity contribution in [2.45, 2.75) is 78.0 Å². The summed E-state index contributed by atoms with van der Waals surface area (Å²) in [5.41, 5.74) is 1.21. The van der Waals surface area contributed by atoms with E-state index in [1.165, 1.54) is 0 Å². The number of likely N-dealkylation sites (tertiary alicyclic amines) is 1. The molecule has 34 heavy (non-hydrogen) atoms. The van der Waals surface area contributed by atoms with E-state index in [2.05, 4.69) is 5.32 Å². The van der Waals surface area contributed by atoms with Crippen LogP contribution in [0.25, 0.3) is 0 Å². The summed E-state index contributed by atoms with van der Waals surface area (Å²) in [5, 5.41) is 3.11. The number of carbonyl (C=O) groups excluding carboxylic acids is 3. The molecule has 0 radical (unpaired) electrons. The Hall–Kier alpha value is -2.77. The van der Waals surface area contributed by atoms with E-state index in [1.54, 1.807) is 23.9 Å². The van der Waals surface area contributed by atoms with Gasteiger partial charge < -0.3 is 24.6 Å². The first-order valence-corrected chi connectivity index (χ1v) is 11.9. The highest BCUT2D eigenvalue weighted by molar-refractivity contribution is 5.94. The van der Waals surface area contributed by atoms with Crippen molar-refractivity contribution < 1.29 is 23.9 Å². The molecular weight excluding hydrogens is 434 g/mol. The first-order chi connectivity index (χ1) is 15.6. The number of nitrogens with zero attached hydrogens (tertiary/aromatic N) is 2. The second kappa shape index (κ2) is 9.12. The minimum absolute atomic E-state index is 0.0838. The fourth-order valence-corrected chi connectivity index (χ4v) is 4.81. The monoisotopic (exact) mass is 473 g/mol. The normalized spacial score (nSPS) is 19.4. The molecule has 1 saturated heterocycles. The number of piperidine rings is 1. The van der Waals surface area contributed by atoms with Crippen LogP contribution in [0.3, 0.4) is 0 Å². The van der Waals surface area contributed by atoms with E-state index < -0.39 is 17.3 Å². The lowest BCUT2D eigenvalue weighted by Crippen LogP contribution is -2.49. The van der Waals surface area contributed by atoms with Gasteiger partial charge in [-0.15, -0.1) is 0 Å². The van der Waals surface area contributed by atoms with Crippen LogP contribution in [0.5, 0.6) is 0 Å². The molecule has 0 saturated carbocycles. The van der Waals surface area contributed by atoms with Gasteiger partial charge >= 0.3 is 12.2 Å². The van der Waals surface area contributed by atoms with Gasteiger partial charge in [-0.1, -0.05) is 6.07 Å². The lowest BCUT2D eigenvalue weighted by Gasteiger charge is -2.43. The molecule has 188 valence electrons. The Balaban J connectivity index is 1.88. The molecule has 1 spiro atoms. The molecule has 1 aliphatic heterocycles. The second-order valence-corrected chi connectivity index (χ2v) is 11.7. The zero-order chi connectivity index (χ0) is 25.5. The van der Waals surface area contributed by atoms with E-state index in [-0.39, 0.29) is 23.5 Å². The Kier molecular flexibility index (Phi) is 6.93. The molecule has 2 aliphatic rings. The molecule has 1 heterocycles. The zero-order valence-corrected chi connectivity index (χ0v) is 21.8. The van der Waals surface area contributed by atoms with E-state index in [0.29, 0.717) is 31.5 Å². The van der Waals surface area contributed by atoms with Crippen molar-refractivity contribution in [3.63, 3.8) is 0 Å². The third-order valence-corrected chi connectivity index (χ3v) is 6.34. The van der Waals surface area contributed by atoms with Gasteiger partial charge in [-0.25, -0.2) is 9.59 Å². The number of carbonyl (C=O) groups is 3. The molecule has 1 aliphatic carbocycles. The van der Waals surface area contributed by atoms with E-state index in [9.17, 15) is 14.4 Å². The number of benzene rings is 1. The van der Waals surface area contributed by atoms with Crippen molar-refractivity contribution in [2.24, 2.45) is 5.41 Å². The number of nitrogens with one attached hydrogen (secondary N) is 1. The maximum absolute atomic E-state index is 12.8. The van der Waals surface area contributed by atoms with Gasteiger partial charge in [0.15, 0.2) is 0 Å². The van der Waals surface area contributed by atoms with Crippen LogP contribution in [0.2, 0.25) is 0 Å². The maximum Gasteiger partial charge on any atom is 0.410 e. The van der Waals surface area contributed by atoms with Crippen LogP contribution in [-0.4, -0.2) is 66.3 Å². The molecule has 1 unspecified atom stereocenters. The molecule has 8 heteroatoms. The molecule has 1 N–H and O–H groups in total. The van der Waals surface area contributed by atoms with E-state index in [1.807, 2.05) is 59.7 Å². The Bertz CT molecular complexity index is 950. The van der Waals surface area contributed by atoms with Crippen LogP contribution in [-0.2, 0) is 15.9 Å². The van der Waals surface area contributed by atoms with Crippen LogP contribution in [0, 0.1) is 5.41 Å².